The van der Waals surface area contributed by atoms with Gasteiger partial charge in [-0.1, -0.05) is 0 Å². The first kappa shape index (κ1) is 13.8. The highest BCUT2D eigenvalue weighted by Crippen LogP contribution is 2.12. The second kappa shape index (κ2) is 5.39. The number of hydrogen-bond acceptors (Lipinski definition) is 3. The summed E-state index contributed by atoms with van der Waals surface area (Å²) >= 11 is 0. The van der Waals surface area contributed by atoms with E-state index in [1.807, 2.05) is 5.32 Å². The minimum absolute atomic E-state index is 0.115. The molecule has 0 spiro atoms. The molecule has 0 radical (unpaired) electrons. The Morgan fingerprint density at radius 2 is 1.72 bits per heavy atom. The molecule has 0 aliphatic heterocycles. The molecule has 0 heterocycles. The van der Waals surface area contributed by atoms with E-state index in [2.05, 4.69) is 4.74 Å². The minimum Gasteiger partial charge on any atom is -0.465 e. The average molecular weight is 262 g/mol. The van der Waals surface area contributed by atoms with E-state index in [0.717, 1.165) is 5.32 Å². The summed E-state index contributed by atoms with van der Waals surface area (Å²) < 4.78 is 39.8. The molecule has 0 aliphatic carbocycles. The number of carbonyl (C=O) groups excluding carboxylic acids is 2. The van der Waals surface area contributed by atoms with Crippen LogP contribution < -0.4 is 10.6 Å². The van der Waals surface area contributed by atoms with Crippen molar-refractivity contribution in [2.24, 2.45) is 0 Å². The Balaban J connectivity index is 2.64. The molecule has 5 nitrogen and oxygen atoms in total. The first-order valence-electron chi connectivity index (χ1n) is 4.66. The maximum Gasteiger partial charge on any atom is 0.485 e. The van der Waals surface area contributed by atoms with Crippen LogP contribution in [-0.2, 0) is 4.74 Å². The molecule has 2 amide bonds. The van der Waals surface area contributed by atoms with Gasteiger partial charge in [-0.2, -0.15) is 13.2 Å². The van der Waals surface area contributed by atoms with Gasteiger partial charge in [0.25, 0.3) is 0 Å². The van der Waals surface area contributed by atoms with Gasteiger partial charge in [0, 0.05) is 5.69 Å². The van der Waals surface area contributed by atoms with Crippen molar-refractivity contribution >= 4 is 17.7 Å². The predicted octanol–water partition coefficient (Wildman–Crippen LogP) is 2.11. The van der Waals surface area contributed by atoms with Gasteiger partial charge in [0.2, 0.25) is 0 Å². The molecule has 0 saturated carbocycles. The molecule has 8 heteroatoms. The number of nitrogens with one attached hydrogen (secondary N) is 2. The number of methoxy groups -OCH3 is 1. The summed E-state index contributed by atoms with van der Waals surface area (Å²) in [4.78, 5) is 21.9. The Morgan fingerprint density at radius 3 is 2.17 bits per heavy atom. The van der Waals surface area contributed by atoms with Crippen molar-refractivity contribution in [1.82, 2.24) is 5.32 Å². The van der Waals surface area contributed by atoms with Crippen molar-refractivity contribution in [1.29, 1.82) is 0 Å². The van der Waals surface area contributed by atoms with Crippen LogP contribution in [0.15, 0.2) is 24.3 Å². The number of carbonyl (C=O) groups is 2. The first-order chi connectivity index (χ1) is 8.31. The Bertz CT molecular complexity index is 443. The number of halogens is 3. The molecule has 0 unspecified atom stereocenters. The van der Waals surface area contributed by atoms with Gasteiger partial charge < -0.3 is 10.1 Å². The van der Waals surface area contributed by atoms with E-state index in [9.17, 15) is 22.8 Å². The van der Waals surface area contributed by atoms with Gasteiger partial charge in [-0.25, -0.2) is 14.9 Å². The third-order valence-corrected chi connectivity index (χ3v) is 1.82. The fourth-order valence-corrected chi connectivity index (χ4v) is 1.10. The van der Waals surface area contributed by atoms with E-state index in [4.69, 9.17) is 0 Å². The Labute approximate surface area is 99.9 Å². The van der Waals surface area contributed by atoms with Crippen LogP contribution in [0.3, 0.4) is 0 Å². The summed E-state index contributed by atoms with van der Waals surface area (Å²) in [5, 5.41) is 2.73. The number of anilines is 1. The van der Waals surface area contributed by atoms with Gasteiger partial charge in [-0.15, -0.1) is 0 Å². The summed E-state index contributed by atoms with van der Waals surface area (Å²) in [5.41, 5.74) is 0.337. The normalized spacial score (nSPS) is 10.7. The van der Waals surface area contributed by atoms with Crippen LogP contribution in [0.4, 0.5) is 23.7 Å². The van der Waals surface area contributed by atoms with Gasteiger partial charge in [-0.3, -0.25) is 0 Å². The van der Waals surface area contributed by atoms with Crippen LogP contribution in [0.25, 0.3) is 0 Å². The Kier molecular flexibility index (Phi) is 4.13. The fraction of sp³-hybridized carbons (Fsp3) is 0.200. The highest BCUT2D eigenvalue weighted by atomic mass is 19.4. The van der Waals surface area contributed by atoms with Crippen LogP contribution in [0, 0.1) is 0 Å². The molecular weight excluding hydrogens is 253 g/mol. The second-order valence-electron chi connectivity index (χ2n) is 3.15. The van der Waals surface area contributed by atoms with Crippen LogP contribution >= 0.6 is 0 Å². The molecule has 0 bridgehead atoms. The number of alkyl halides is 3. The standard InChI is InChI=1S/C10H9F3N2O3/c1-18-8(16)6-2-4-7(5-3-6)14-9(17)15-10(11,12)13/h2-5H,1H3,(H2,14,15,17). The molecule has 0 saturated heterocycles. The zero-order valence-corrected chi connectivity index (χ0v) is 9.17. The Morgan fingerprint density at radius 1 is 1.17 bits per heavy atom. The molecular formula is C10H9F3N2O3. The van der Waals surface area contributed by atoms with Crippen molar-refractivity contribution in [2.75, 3.05) is 12.4 Å². The van der Waals surface area contributed by atoms with Gasteiger partial charge in [0.15, 0.2) is 0 Å². The van der Waals surface area contributed by atoms with E-state index < -0.39 is 18.3 Å². The molecule has 1 aromatic rings. The van der Waals surface area contributed by atoms with Crippen molar-refractivity contribution in [3.8, 4) is 0 Å². The van der Waals surface area contributed by atoms with E-state index >= 15 is 0 Å². The molecule has 0 fully saturated rings. The zero-order chi connectivity index (χ0) is 13.8. The predicted molar refractivity (Wildman–Crippen MR) is 56.0 cm³/mol. The molecule has 0 atom stereocenters. The molecule has 1 aromatic carbocycles. The first-order valence-corrected chi connectivity index (χ1v) is 4.66. The summed E-state index contributed by atoms with van der Waals surface area (Å²) in [6.07, 6.45) is -4.80. The summed E-state index contributed by atoms with van der Waals surface area (Å²) in [5.74, 6) is -0.582. The van der Waals surface area contributed by atoms with Crippen molar-refractivity contribution in [3.63, 3.8) is 0 Å². The molecule has 0 aromatic heterocycles. The molecule has 18 heavy (non-hydrogen) atoms. The lowest BCUT2D eigenvalue weighted by Crippen LogP contribution is -2.40. The summed E-state index contributed by atoms with van der Waals surface area (Å²) in [7, 11) is 1.20. The van der Waals surface area contributed by atoms with E-state index in [0.29, 0.717) is 0 Å². The van der Waals surface area contributed by atoms with Gasteiger partial charge in [0.1, 0.15) is 0 Å². The van der Waals surface area contributed by atoms with E-state index in [-0.39, 0.29) is 11.3 Å². The molecule has 98 valence electrons. The lowest BCUT2D eigenvalue weighted by Gasteiger charge is -2.10. The van der Waals surface area contributed by atoms with Gasteiger partial charge >= 0.3 is 18.3 Å². The molecule has 2 N–H and O–H groups in total. The highest BCUT2D eigenvalue weighted by molar-refractivity contribution is 5.92. The number of rotatable bonds is 2. The smallest absolute Gasteiger partial charge is 0.465 e. The largest absolute Gasteiger partial charge is 0.485 e. The SMILES string of the molecule is COC(=O)c1ccc(NC(=O)NC(F)(F)F)cc1. The number of ether oxygens (including phenoxy) is 1. The number of esters is 1. The van der Waals surface area contributed by atoms with Crippen LogP contribution in [-0.4, -0.2) is 25.4 Å². The van der Waals surface area contributed by atoms with E-state index in [1.54, 1.807) is 0 Å². The molecule has 1 rings (SSSR count). The zero-order valence-electron chi connectivity index (χ0n) is 9.17. The van der Waals surface area contributed by atoms with Gasteiger partial charge in [0.05, 0.1) is 12.7 Å². The van der Waals surface area contributed by atoms with Crippen molar-refractivity contribution in [3.05, 3.63) is 29.8 Å². The topological polar surface area (TPSA) is 67.4 Å². The lowest BCUT2D eigenvalue weighted by atomic mass is 10.2. The summed E-state index contributed by atoms with van der Waals surface area (Å²) in [6.45, 7) is 0. The number of amides is 2. The average Bonchev–Trinajstić information content (AvgIpc) is 2.26. The third kappa shape index (κ3) is 4.32. The maximum atomic E-state index is 11.8. The quantitative estimate of drug-likeness (QED) is 0.633. The van der Waals surface area contributed by atoms with Crippen molar-refractivity contribution < 1.29 is 27.5 Å². The van der Waals surface area contributed by atoms with Crippen molar-refractivity contribution in [2.45, 2.75) is 6.30 Å². The Hall–Kier alpha value is -2.25. The second-order valence-corrected chi connectivity index (χ2v) is 3.15. The van der Waals surface area contributed by atoms with E-state index in [1.165, 1.54) is 31.4 Å². The summed E-state index contributed by atoms with van der Waals surface area (Å²) in [6, 6.07) is 3.78. The minimum atomic E-state index is -4.80. The van der Waals surface area contributed by atoms with Crippen LogP contribution in [0.5, 0.6) is 0 Å². The number of benzene rings is 1. The van der Waals surface area contributed by atoms with Crippen LogP contribution in [0.1, 0.15) is 10.4 Å². The number of hydrogen-bond donors (Lipinski definition) is 2. The molecule has 0 aliphatic rings. The van der Waals surface area contributed by atoms with Gasteiger partial charge in [-0.05, 0) is 24.3 Å². The fourth-order valence-electron chi connectivity index (χ4n) is 1.10. The highest BCUT2D eigenvalue weighted by Gasteiger charge is 2.29. The monoisotopic (exact) mass is 262 g/mol. The third-order valence-electron chi connectivity index (χ3n) is 1.82. The maximum absolute atomic E-state index is 11.8. The lowest BCUT2D eigenvalue weighted by molar-refractivity contribution is -0.144. The van der Waals surface area contributed by atoms with Crippen LogP contribution in [0.2, 0.25) is 0 Å². The number of urea groups is 1.